The predicted molar refractivity (Wildman–Crippen MR) is 132 cm³/mol. The van der Waals surface area contributed by atoms with Crippen LogP contribution in [0.1, 0.15) is 50.2 Å². The zero-order valence-electron chi connectivity index (χ0n) is 19.4. The largest absolute Gasteiger partial charge is 0.327 e. The third-order valence-electron chi connectivity index (χ3n) is 6.53. The first kappa shape index (κ1) is 21.9. The molecule has 1 N–H and O–H groups in total. The van der Waals surface area contributed by atoms with E-state index < -0.39 is 6.04 Å². The maximum absolute atomic E-state index is 13.4. The number of carbonyl (C=O) groups excluding carboxylic acids is 3. The lowest BCUT2D eigenvalue weighted by molar-refractivity contribution is -0.122. The number of amides is 3. The zero-order chi connectivity index (χ0) is 23.8. The van der Waals surface area contributed by atoms with Crippen molar-refractivity contribution in [3.63, 3.8) is 0 Å². The summed E-state index contributed by atoms with van der Waals surface area (Å²) in [6.45, 7) is 4.95. The molecule has 0 spiro atoms. The third kappa shape index (κ3) is 4.07. The van der Waals surface area contributed by atoms with Crippen LogP contribution in [0.5, 0.6) is 0 Å². The van der Waals surface area contributed by atoms with Crippen molar-refractivity contribution in [2.24, 2.45) is 0 Å². The number of hydrogen-bond acceptors (Lipinski definition) is 3. The minimum Gasteiger partial charge on any atom is -0.327 e. The van der Waals surface area contributed by atoms with Crippen LogP contribution < -0.4 is 10.2 Å². The minimum absolute atomic E-state index is 0.0487. The van der Waals surface area contributed by atoms with E-state index in [1.165, 1.54) is 0 Å². The Bertz CT molecular complexity index is 1260. The lowest BCUT2D eigenvalue weighted by Gasteiger charge is -2.26. The molecule has 1 saturated heterocycles. The van der Waals surface area contributed by atoms with Gasteiger partial charge in [0.1, 0.15) is 6.04 Å². The third-order valence-corrected chi connectivity index (χ3v) is 6.53. The van der Waals surface area contributed by atoms with Gasteiger partial charge in [0.2, 0.25) is 5.91 Å². The summed E-state index contributed by atoms with van der Waals surface area (Å²) in [4.78, 5) is 42.7. The molecule has 2 aliphatic rings. The number of hydrogen-bond donors (Lipinski definition) is 1. The molecule has 3 aromatic rings. The Balaban J connectivity index is 1.37. The van der Waals surface area contributed by atoms with Gasteiger partial charge in [-0.3, -0.25) is 14.4 Å². The van der Waals surface area contributed by atoms with E-state index >= 15 is 0 Å². The summed E-state index contributed by atoms with van der Waals surface area (Å²) in [5, 5.41) is 2.95. The Labute approximate surface area is 199 Å². The summed E-state index contributed by atoms with van der Waals surface area (Å²) in [6, 6.07) is 20.1. The van der Waals surface area contributed by atoms with E-state index in [2.05, 4.69) is 11.4 Å². The molecule has 6 heteroatoms. The van der Waals surface area contributed by atoms with E-state index in [-0.39, 0.29) is 17.7 Å². The van der Waals surface area contributed by atoms with Gasteiger partial charge in [0.05, 0.1) is 17.8 Å². The summed E-state index contributed by atoms with van der Waals surface area (Å²) >= 11 is 0. The van der Waals surface area contributed by atoms with Crippen molar-refractivity contribution in [1.29, 1.82) is 0 Å². The summed E-state index contributed by atoms with van der Waals surface area (Å²) in [5.41, 5.74) is 5.59. The van der Waals surface area contributed by atoms with Gasteiger partial charge in [0.15, 0.2) is 0 Å². The van der Waals surface area contributed by atoms with Crippen molar-refractivity contribution in [2.45, 2.75) is 39.3 Å². The molecule has 0 aliphatic carbocycles. The average Bonchev–Trinajstić information content (AvgIpc) is 3.29. The van der Waals surface area contributed by atoms with E-state index in [0.717, 1.165) is 28.8 Å². The highest BCUT2D eigenvalue weighted by Crippen LogP contribution is 2.33. The maximum Gasteiger partial charge on any atom is 0.256 e. The van der Waals surface area contributed by atoms with Gasteiger partial charge in [0.25, 0.3) is 11.8 Å². The van der Waals surface area contributed by atoms with Crippen LogP contribution in [0.3, 0.4) is 0 Å². The van der Waals surface area contributed by atoms with Crippen LogP contribution >= 0.6 is 0 Å². The first-order chi connectivity index (χ1) is 16.4. The molecule has 1 unspecified atom stereocenters. The number of anilines is 2. The molecule has 0 bridgehead atoms. The molecule has 3 aromatic carbocycles. The molecule has 0 radical (unpaired) electrons. The van der Waals surface area contributed by atoms with Crippen molar-refractivity contribution in [3.05, 3.63) is 94.5 Å². The fourth-order valence-corrected chi connectivity index (χ4v) is 4.97. The Hall–Kier alpha value is -3.93. The van der Waals surface area contributed by atoms with Crippen LogP contribution in [0, 0.1) is 13.8 Å². The molecule has 1 atom stereocenters. The van der Waals surface area contributed by atoms with Crippen molar-refractivity contribution in [2.75, 3.05) is 16.8 Å². The number of carbonyl (C=O) groups is 3. The van der Waals surface area contributed by atoms with Crippen molar-refractivity contribution >= 4 is 29.1 Å². The molecule has 3 amide bonds. The van der Waals surface area contributed by atoms with Gasteiger partial charge >= 0.3 is 0 Å². The lowest BCUT2D eigenvalue weighted by atomic mass is 10.1. The van der Waals surface area contributed by atoms with E-state index in [1.54, 1.807) is 28.0 Å². The number of fused-ring (bicyclic) bond motifs is 2. The molecule has 0 saturated carbocycles. The number of benzene rings is 3. The van der Waals surface area contributed by atoms with Crippen molar-refractivity contribution in [3.8, 4) is 0 Å². The van der Waals surface area contributed by atoms with Crippen molar-refractivity contribution in [1.82, 2.24) is 4.90 Å². The van der Waals surface area contributed by atoms with Crippen LogP contribution in [0.25, 0.3) is 0 Å². The van der Waals surface area contributed by atoms with Gasteiger partial charge in [-0.05, 0) is 79.8 Å². The monoisotopic (exact) mass is 453 g/mol. The molecular formula is C28H27N3O3. The molecule has 2 aliphatic heterocycles. The lowest BCUT2D eigenvalue weighted by Crippen LogP contribution is -2.44. The number of aryl methyl sites for hydroxylation is 2. The van der Waals surface area contributed by atoms with Gasteiger partial charge in [-0.2, -0.15) is 0 Å². The highest BCUT2D eigenvalue weighted by Gasteiger charge is 2.41. The SMILES string of the molecule is Cc1cc(C)cc(NC(=O)c2ccc(CN3C(=O)C4CCCN4C(=O)c4ccccc43)cc2)c1. The standard InChI is InChI=1S/C28H27N3O3/c1-18-14-19(2)16-22(15-18)29-26(32)21-11-9-20(10-12-21)17-31-24-7-4-3-6-23(24)27(33)30-13-5-8-25(30)28(31)34/h3-4,6-7,9-12,14-16,25H,5,8,13,17H2,1-2H3,(H,29,32). The molecule has 0 aromatic heterocycles. The second-order valence-corrected chi connectivity index (χ2v) is 9.13. The highest BCUT2D eigenvalue weighted by molar-refractivity contribution is 6.11. The Kier molecular flexibility index (Phi) is 5.65. The molecule has 1 fully saturated rings. The molecule has 172 valence electrons. The molecule has 5 rings (SSSR count). The van der Waals surface area contributed by atoms with E-state index in [9.17, 15) is 14.4 Å². The first-order valence-electron chi connectivity index (χ1n) is 11.6. The summed E-state index contributed by atoms with van der Waals surface area (Å²) < 4.78 is 0. The molecule has 34 heavy (non-hydrogen) atoms. The highest BCUT2D eigenvalue weighted by atomic mass is 16.2. The molecule has 2 heterocycles. The molecular weight excluding hydrogens is 426 g/mol. The van der Waals surface area contributed by atoms with Crippen LogP contribution in [0.2, 0.25) is 0 Å². The maximum atomic E-state index is 13.4. The first-order valence-corrected chi connectivity index (χ1v) is 11.6. The zero-order valence-corrected chi connectivity index (χ0v) is 19.4. The smallest absolute Gasteiger partial charge is 0.256 e. The van der Waals surface area contributed by atoms with Gasteiger partial charge in [-0.25, -0.2) is 0 Å². The second-order valence-electron chi connectivity index (χ2n) is 9.13. The molecule has 6 nitrogen and oxygen atoms in total. The average molecular weight is 454 g/mol. The summed E-state index contributed by atoms with van der Waals surface area (Å²) in [7, 11) is 0. The van der Waals surface area contributed by atoms with Crippen molar-refractivity contribution < 1.29 is 14.4 Å². The minimum atomic E-state index is -0.414. The van der Waals surface area contributed by atoms with E-state index in [0.29, 0.717) is 36.3 Å². The fraction of sp³-hybridized carbons (Fsp3) is 0.250. The van der Waals surface area contributed by atoms with Gasteiger partial charge in [-0.1, -0.05) is 30.3 Å². The van der Waals surface area contributed by atoms with Gasteiger partial charge < -0.3 is 15.1 Å². The fourth-order valence-electron chi connectivity index (χ4n) is 4.97. The van der Waals surface area contributed by atoms with Gasteiger partial charge in [-0.15, -0.1) is 0 Å². The Morgan fingerprint density at radius 2 is 1.68 bits per heavy atom. The van der Waals surface area contributed by atoms with Crippen LogP contribution in [-0.2, 0) is 11.3 Å². The van der Waals surface area contributed by atoms with Crippen LogP contribution in [0.15, 0.2) is 66.7 Å². The second kappa shape index (κ2) is 8.78. The number of para-hydroxylation sites is 1. The van der Waals surface area contributed by atoms with Crippen LogP contribution in [0.4, 0.5) is 11.4 Å². The quantitative estimate of drug-likeness (QED) is 0.622. The van der Waals surface area contributed by atoms with E-state index in [4.69, 9.17) is 0 Å². The summed E-state index contributed by atoms with van der Waals surface area (Å²) in [6.07, 6.45) is 1.52. The normalized spacial score (nSPS) is 17.3. The Morgan fingerprint density at radius 1 is 0.971 bits per heavy atom. The van der Waals surface area contributed by atoms with Gasteiger partial charge in [0, 0.05) is 17.8 Å². The van der Waals surface area contributed by atoms with E-state index in [1.807, 2.05) is 56.3 Å². The summed E-state index contributed by atoms with van der Waals surface area (Å²) in [5.74, 6) is -0.306. The topological polar surface area (TPSA) is 69.7 Å². The predicted octanol–water partition coefficient (Wildman–Crippen LogP) is 4.71. The Morgan fingerprint density at radius 3 is 2.41 bits per heavy atom. The number of nitrogens with one attached hydrogen (secondary N) is 1. The van der Waals surface area contributed by atoms with Crippen LogP contribution in [-0.4, -0.2) is 35.2 Å². The number of rotatable bonds is 4. The number of nitrogens with zero attached hydrogens (tertiary/aromatic N) is 2.